The summed E-state index contributed by atoms with van der Waals surface area (Å²) in [5, 5.41) is 11.1. The van der Waals surface area contributed by atoms with E-state index < -0.39 is 27.3 Å². The molecular weight excluding hydrogens is 572 g/mol. The van der Waals surface area contributed by atoms with Crippen LogP contribution in [0, 0.1) is 17.8 Å². The molecule has 2 aromatic rings. The van der Waals surface area contributed by atoms with E-state index in [4.69, 9.17) is 16.3 Å². The number of sulfonamides is 1. The van der Waals surface area contributed by atoms with Gasteiger partial charge in [-0.1, -0.05) is 42.7 Å². The first-order valence-corrected chi connectivity index (χ1v) is 17.4. The fourth-order valence-corrected chi connectivity index (χ4v) is 8.40. The first kappa shape index (κ1) is 29.5. The fourth-order valence-electron chi connectivity index (χ4n) is 6.69. The Morgan fingerprint density at radius 1 is 1.02 bits per heavy atom. The summed E-state index contributed by atoms with van der Waals surface area (Å²) in [6, 6.07) is 11.1. The zero-order chi connectivity index (χ0) is 29.3. The number of nitrogens with zero attached hydrogens (tertiary/aromatic N) is 1. The van der Waals surface area contributed by atoms with Crippen molar-refractivity contribution in [2.75, 3.05) is 18.0 Å². The third-order valence-electron chi connectivity index (χ3n) is 9.56. The number of aliphatic hydroxyl groups is 1. The normalized spacial score (nSPS) is 29.0. The molecule has 0 spiro atoms. The van der Waals surface area contributed by atoms with Crippen LogP contribution < -0.4 is 14.4 Å². The minimum absolute atomic E-state index is 0.153. The van der Waals surface area contributed by atoms with Crippen LogP contribution in [0.5, 0.6) is 5.75 Å². The molecule has 9 heteroatoms. The van der Waals surface area contributed by atoms with Crippen LogP contribution in [0.15, 0.2) is 48.6 Å². The van der Waals surface area contributed by atoms with Crippen molar-refractivity contribution in [2.45, 2.75) is 82.2 Å². The molecule has 2 aliphatic heterocycles. The number of fused-ring (bicyclic) bond motifs is 3. The van der Waals surface area contributed by atoms with Gasteiger partial charge < -0.3 is 14.7 Å². The van der Waals surface area contributed by atoms with E-state index in [0.29, 0.717) is 54.0 Å². The lowest BCUT2D eigenvalue weighted by Crippen LogP contribution is -2.43. The lowest BCUT2D eigenvalue weighted by molar-refractivity contribution is 0.0461. The molecule has 2 fully saturated rings. The fraction of sp³-hybridized carbons (Fsp3) is 0.545. The summed E-state index contributed by atoms with van der Waals surface area (Å²) >= 11 is 6.31. The summed E-state index contributed by atoms with van der Waals surface area (Å²) in [5.74, 6) is 0.916. The molecule has 0 saturated heterocycles. The van der Waals surface area contributed by atoms with Crippen LogP contribution in [0.1, 0.15) is 79.3 Å². The van der Waals surface area contributed by atoms with Crippen molar-refractivity contribution in [3.63, 3.8) is 0 Å². The van der Waals surface area contributed by atoms with E-state index in [2.05, 4.69) is 9.62 Å². The van der Waals surface area contributed by atoms with E-state index in [1.807, 2.05) is 30.4 Å². The molecule has 0 unspecified atom stereocenters. The molecule has 226 valence electrons. The van der Waals surface area contributed by atoms with Gasteiger partial charge in [-0.2, -0.15) is 0 Å². The number of aryl methyl sites for hydroxylation is 1. The zero-order valence-electron chi connectivity index (χ0n) is 24.0. The minimum Gasteiger partial charge on any atom is -0.487 e. The van der Waals surface area contributed by atoms with Crippen LogP contribution in [0.4, 0.5) is 5.69 Å². The van der Waals surface area contributed by atoms with Gasteiger partial charge in [0.05, 0.1) is 17.0 Å². The summed E-state index contributed by atoms with van der Waals surface area (Å²) in [6.07, 6.45) is 11.6. The van der Waals surface area contributed by atoms with Crippen LogP contribution >= 0.6 is 11.6 Å². The van der Waals surface area contributed by atoms with Gasteiger partial charge >= 0.3 is 0 Å². The third kappa shape index (κ3) is 6.81. The van der Waals surface area contributed by atoms with E-state index in [1.54, 1.807) is 18.2 Å². The lowest BCUT2D eigenvalue weighted by Gasteiger charge is -2.42. The zero-order valence-corrected chi connectivity index (χ0v) is 25.6. The maximum absolute atomic E-state index is 13.4. The van der Waals surface area contributed by atoms with Gasteiger partial charge in [-0.25, -0.2) is 13.1 Å². The molecule has 2 aromatic carbocycles. The molecule has 6 rings (SSSR count). The molecule has 2 bridgehead atoms. The maximum atomic E-state index is 13.4. The Balaban J connectivity index is 1.36. The first-order chi connectivity index (χ1) is 20.3. The van der Waals surface area contributed by atoms with Crippen LogP contribution in [0.2, 0.25) is 5.02 Å². The standard InChI is InChI=1S/C33H41ClN2O5S/c34-27-13-10-26-21-41-32-15-12-24-19-30(32)36(16-4-3-5-23(26)18-27)20-25-11-14-29(25)31(37)7-2-1-6-28(17-22-8-9-22)42(39,40)35-33(24)38/h2,7,10,12-13,15,18-19,22,25,28-29,31,37H,1,3-6,8-9,11,14,16-17,20-21H2,(H,35,38)/b7-2+/t25-,28+,29+,31-/m0/s1. The number of carbonyl (C=O) groups excluding carboxylic acids is 1. The quantitative estimate of drug-likeness (QED) is 0.402. The Hall–Kier alpha value is -2.55. The SMILES string of the molecule is O=C1NS(=O)(=O)[C@@H](CC2CC2)CC/C=C/[C@H](O)[C@@H]2CC[C@H]2CN2CCCCc3cc(Cl)ccc3COc3ccc1cc32. The van der Waals surface area contributed by atoms with Crippen LogP contribution in [0.25, 0.3) is 0 Å². The molecule has 2 N–H and O–H groups in total. The summed E-state index contributed by atoms with van der Waals surface area (Å²) < 4.78 is 35.7. The number of halogens is 1. The van der Waals surface area contributed by atoms with Gasteiger partial charge in [-0.15, -0.1) is 0 Å². The number of anilines is 1. The largest absolute Gasteiger partial charge is 0.487 e. The van der Waals surface area contributed by atoms with Crippen molar-refractivity contribution < 1.29 is 23.1 Å². The summed E-state index contributed by atoms with van der Waals surface area (Å²) in [4.78, 5) is 15.7. The highest BCUT2D eigenvalue weighted by molar-refractivity contribution is 7.90. The lowest BCUT2D eigenvalue weighted by atomic mass is 9.70. The van der Waals surface area contributed by atoms with E-state index in [0.717, 1.165) is 69.3 Å². The highest BCUT2D eigenvalue weighted by Crippen LogP contribution is 2.41. The van der Waals surface area contributed by atoms with E-state index >= 15 is 0 Å². The summed E-state index contributed by atoms with van der Waals surface area (Å²) in [7, 11) is -3.88. The van der Waals surface area contributed by atoms with Crippen molar-refractivity contribution in [1.29, 1.82) is 0 Å². The van der Waals surface area contributed by atoms with Crippen LogP contribution in [-0.2, 0) is 23.1 Å². The molecule has 7 nitrogen and oxygen atoms in total. The van der Waals surface area contributed by atoms with Crippen molar-refractivity contribution in [3.05, 3.63) is 70.3 Å². The number of aliphatic hydroxyl groups excluding tert-OH is 1. The molecule has 0 radical (unpaired) electrons. The molecular formula is C33H41ClN2O5S. The van der Waals surface area contributed by atoms with Gasteiger partial charge in [0.15, 0.2) is 0 Å². The smallest absolute Gasteiger partial charge is 0.264 e. The highest BCUT2D eigenvalue weighted by Gasteiger charge is 2.37. The van der Waals surface area contributed by atoms with Gasteiger partial charge in [0, 0.05) is 23.7 Å². The molecule has 1 amide bonds. The van der Waals surface area contributed by atoms with E-state index in [9.17, 15) is 18.3 Å². The number of ether oxygens (including phenoxy) is 1. The number of allylic oxidation sites excluding steroid dienone is 1. The Bertz CT molecular complexity index is 1440. The second kappa shape index (κ2) is 12.6. The Morgan fingerprint density at radius 2 is 1.88 bits per heavy atom. The Kier molecular flexibility index (Phi) is 8.85. The number of amides is 1. The number of nitrogens with one attached hydrogen (secondary N) is 1. The van der Waals surface area contributed by atoms with Gasteiger partial charge in [-0.3, -0.25) is 4.79 Å². The number of rotatable bonds is 2. The summed E-state index contributed by atoms with van der Waals surface area (Å²) in [6.45, 7) is 1.86. The molecule has 2 aliphatic carbocycles. The Labute approximate surface area is 254 Å². The molecule has 4 atom stereocenters. The molecule has 0 aromatic heterocycles. The first-order valence-electron chi connectivity index (χ1n) is 15.5. The van der Waals surface area contributed by atoms with Gasteiger partial charge in [0.25, 0.3) is 5.91 Å². The summed E-state index contributed by atoms with van der Waals surface area (Å²) in [5.41, 5.74) is 3.35. The van der Waals surface area contributed by atoms with Crippen molar-refractivity contribution in [3.8, 4) is 5.75 Å². The van der Waals surface area contributed by atoms with E-state index in [-0.39, 0.29) is 5.92 Å². The number of benzene rings is 2. The Morgan fingerprint density at radius 3 is 2.67 bits per heavy atom. The average Bonchev–Trinajstić information content (AvgIpc) is 3.76. The van der Waals surface area contributed by atoms with Crippen LogP contribution in [-0.4, -0.2) is 43.9 Å². The number of hydrogen-bond acceptors (Lipinski definition) is 6. The second-order valence-corrected chi connectivity index (χ2v) is 15.0. The van der Waals surface area contributed by atoms with Crippen LogP contribution in [0.3, 0.4) is 0 Å². The monoisotopic (exact) mass is 612 g/mol. The van der Waals surface area contributed by atoms with Gasteiger partial charge in [-0.05, 0) is 111 Å². The second-order valence-electron chi connectivity index (χ2n) is 12.6. The predicted molar refractivity (Wildman–Crippen MR) is 165 cm³/mol. The number of hydrogen-bond donors (Lipinski definition) is 2. The topological polar surface area (TPSA) is 95.9 Å². The van der Waals surface area contributed by atoms with Crippen molar-refractivity contribution >= 4 is 33.2 Å². The highest BCUT2D eigenvalue weighted by atomic mass is 35.5. The molecule has 2 heterocycles. The third-order valence-corrected chi connectivity index (χ3v) is 11.6. The van der Waals surface area contributed by atoms with Gasteiger partial charge in [0.1, 0.15) is 12.4 Å². The average molecular weight is 613 g/mol. The minimum atomic E-state index is -3.88. The van der Waals surface area contributed by atoms with Crippen molar-refractivity contribution in [2.24, 2.45) is 17.8 Å². The number of carbonyl (C=O) groups is 1. The maximum Gasteiger partial charge on any atom is 0.264 e. The van der Waals surface area contributed by atoms with Gasteiger partial charge in [0.2, 0.25) is 10.0 Å². The van der Waals surface area contributed by atoms with E-state index in [1.165, 1.54) is 5.56 Å². The molecule has 42 heavy (non-hydrogen) atoms. The molecule has 4 aliphatic rings. The predicted octanol–water partition coefficient (Wildman–Crippen LogP) is 6.03. The molecule has 2 saturated carbocycles. The van der Waals surface area contributed by atoms with Crippen molar-refractivity contribution in [1.82, 2.24) is 4.72 Å².